The average Bonchev–Trinajstić information content (AvgIpc) is 2.43. The molecular weight excluding hydrogens is 268 g/mol. The van der Waals surface area contributed by atoms with Gasteiger partial charge in [0.15, 0.2) is 5.78 Å². The Morgan fingerprint density at radius 1 is 1.48 bits per heavy atom. The summed E-state index contributed by atoms with van der Waals surface area (Å²) in [6.07, 6.45) is 5.65. The van der Waals surface area contributed by atoms with E-state index in [1.54, 1.807) is 19.3 Å². The van der Waals surface area contributed by atoms with Crippen LogP contribution in [-0.2, 0) is 14.3 Å². The Balaban J connectivity index is 2.36. The second-order valence-corrected chi connectivity index (χ2v) is 6.09. The van der Waals surface area contributed by atoms with Crippen molar-refractivity contribution in [3.63, 3.8) is 0 Å². The normalized spacial score (nSPS) is 29.7. The first kappa shape index (κ1) is 15.7. The van der Waals surface area contributed by atoms with Crippen molar-refractivity contribution in [2.24, 2.45) is 11.8 Å². The molecule has 0 aromatic heterocycles. The van der Waals surface area contributed by atoms with Gasteiger partial charge >= 0.3 is 0 Å². The molecule has 114 valence electrons. The van der Waals surface area contributed by atoms with Gasteiger partial charge in [0.25, 0.3) is 0 Å². The van der Waals surface area contributed by atoms with E-state index in [1.165, 1.54) is 13.0 Å². The molecule has 0 bridgehead atoms. The zero-order chi connectivity index (χ0) is 15.8. The highest BCUT2D eigenvalue weighted by Gasteiger charge is 2.46. The Hall–Kier alpha value is -1.68. The predicted molar refractivity (Wildman–Crippen MR) is 79.2 cm³/mol. The van der Waals surface area contributed by atoms with Gasteiger partial charge in [-0.1, -0.05) is 13.8 Å². The molecule has 0 fully saturated rings. The number of fused-ring (bicyclic) bond motifs is 1. The third-order valence-corrected chi connectivity index (χ3v) is 4.47. The van der Waals surface area contributed by atoms with E-state index in [0.29, 0.717) is 5.76 Å². The van der Waals surface area contributed by atoms with Crippen molar-refractivity contribution in [3.8, 4) is 0 Å². The molecule has 4 nitrogen and oxygen atoms in total. The topological polar surface area (TPSA) is 63.6 Å². The number of carbonyl (C=O) groups is 2. The molecule has 0 unspecified atom stereocenters. The molecule has 1 N–H and O–H groups in total. The fraction of sp³-hybridized carbons (Fsp3) is 0.529. The number of Topliss-reactive ketones (excluding diaryl/α,β-unsaturated/α-hetero) is 1. The van der Waals surface area contributed by atoms with Crippen LogP contribution in [0.1, 0.15) is 40.5 Å². The van der Waals surface area contributed by atoms with Gasteiger partial charge in [0, 0.05) is 23.8 Å². The van der Waals surface area contributed by atoms with E-state index in [4.69, 9.17) is 4.74 Å². The molecule has 0 saturated heterocycles. The van der Waals surface area contributed by atoms with Crippen LogP contribution in [0.15, 0.2) is 35.3 Å². The first-order chi connectivity index (χ1) is 9.77. The van der Waals surface area contributed by atoms with E-state index in [1.807, 2.05) is 13.8 Å². The third kappa shape index (κ3) is 2.86. The van der Waals surface area contributed by atoms with Crippen LogP contribution in [0.4, 0.5) is 0 Å². The maximum atomic E-state index is 12.3. The van der Waals surface area contributed by atoms with E-state index in [0.717, 1.165) is 17.6 Å². The van der Waals surface area contributed by atoms with Gasteiger partial charge in [-0.15, -0.1) is 0 Å². The van der Waals surface area contributed by atoms with Crippen molar-refractivity contribution in [1.82, 2.24) is 0 Å². The van der Waals surface area contributed by atoms with Gasteiger partial charge in [-0.2, -0.15) is 0 Å². The van der Waals surface area contributed by atoms with Crippen molar-refractivity contribution in [2.45, 2.75) is 46.1 Å². The highest BCUT2D eigenvalue weighted by molar-refractivity contribution is 6.01. The Morgan fingerprint density at radius 2 is 2.14 bits per heavy atom. The summed E-state index contributed by atoms with van der Waals surface area (Å²) < 4.78 is 5.40. The van der Waals surface area contributed by atoms with E-state index in [9.17, 15) is 14.7 Å². The summed E-state index contributed by atoms with van der Waals surface area (Å²) >= 11 is 0. The number of ketones is 2. The van der Waals surface area contributed by atoms with E-state index in [2.05, 4.69) is 0 Å². The molecule has 0 aromatic carbocycles. The average molecular weight is 290 g/mol. The highest BCUT2D eigenvalue weighted by atomic mass is 16.5. The Kier molecular flexibility index (Phi) is 4.19. The lowest BCUT2D eigenvalue weighted by molar-refractivity contribution is -0.137. The first-order valence-corrected chi connectivity index (χ1v) is 7.34. The van der Waals surface area contributed by atoms with E-state index in [-0.39, 0.29) is 23.9 Å². The Bertz CT molecular complexity index is 563. The first-order valence-electron chi connectivity index (χ1n) is 7.34. The number of ether oxygens (including phenoxy) is 1. The molecule has 0 amide bonds. The van der Waals surface area contributed by atoms with Crippen LogP contribution < -0.4 is 0 Å². The molecule has 3 atom stereocenters. The van der Waals surface area contributed by atoms with Crippen molar-refractivity contribution in [3.05, 3.63) is 35.3 Å². The van der Waals surface area contributed by atoms with Crippen LogP contribution in [0, 0.1) is 11.8 Å². The molecule has 1 heterocycles. The molecule has 0 radical (unpaired) electrons. The van der Waals surface area contributed by atoms with Crippen LogP contribution in [0.3, 0.4) is 0 Å². The molecule has 1 aliphatic carbocycles. The summed E-state index contributed by atoms with van der Waals surface area (Å²) in [5.74, 6) is -0.249. The summed E-state index contributed by atoms with van der Waals surface area (Å²) in [5.41, 5.74) is -0.111. The molecule has 0 aromatic rings. The minimum absolute atomic E-state index is 0.0593. The number of hydrogen-bond acceptors (Lipinski definition) is 4. The van der Waals surface area contributed by atoms with Gasteiger partial charge in [-0.3, -0.25) is 9.59 Å². The molecule has 0 spiro atoms. The van der Waals surface area contributed by atoms with Crippen molar-refractivity contribution in [1.29, 1.82) is 0 Å². The van der Waals surface area contributed by atoms with E-state index >= 15 is 0 Å². The lowest BCUT2D eigenvalue weighted by Crippen LogP contribution is -2.47. The number of aliphatic hydroxyl groups is 1. The highest BCUT2D eigenvalue weighted by Crippen LogP contribution is 2.41. The fourth-order valence-corrected chi connectivity index (χ4v) is 2.67. The van der Waals surface area contributed by atoms with Gasteiger partial charge in [0.05, 0.1) is 6.26 Å². The lowest BCUT2D eigenvalue weighted by Gasteiger charge is -2.37. The maximum absolute atomic E-state index is 12.3. The van der Waals surface area contributed by atoms with Crippen LogP contribution >= 0.6 is 0 Å². The standard InChI is InChI=1S/C17H22O4/c1-5-10(2)15(18)8-14-13-9-21-11(3)6-12(13)7-16(19)17(14,4)20/h6-7,9-10,14,20H,5,8H2,1-4H3/t10-,14-,17+/m0/s1. The quantitative estimate of drug-likeness (QED) is 0.864. The maximum Gasteiger partial charge on any atom is 0.188 e. The SMILES string of the molecule is CC[C@H](C)C(=O)C[C@H]1C2=COC(C)=CC2=CC(=O)[C@]1(C)O. The number of carbonyl (C=O) groups excluding carboxylic acids is 2. The molecular formula is C17H22O4. The van der Waals surface area contributed by atoms with E-state index < -0.39 is 11.5 Å². The number of allylic oxidation sites excluding steroid dienone is 3. The minimum Gasteiger partial charge on any atom is -0.469 e. The molecule has 4 heteroatoms. The van der Waals surface area contributed by atoms with Gasteiger partial charge in [0.1, 0.15) is 17.1 Å². The molecule has 1 aliphatic heterocycles. The minimum atomic E-state index is -1.57. The molecule has 2 aliphatic rings. The number of hydrogen-bond donors (Lipinski definition) is 1. The predicted octanol–water partition coefficient (Wildman–Crippen LogP) is 2.69. The fourth-order valence-electron chi connectivity index (χ4n) is 2.67. The Labute approximate surface area is 125 Å². The summed E-state index contributed by atoms with van der Waals surface area (Å²) in [6.45, 7) is 7.09. The summed E-state index contributed by atoms with van der Waals surface area (Å²) in [7, 11) is 0. The van der Waals surface area contributed by atoms with Crippen molar-refractivity contribution >= 4 is 11.6 Å². The summed E-state index contributed by atoms with van der Waals surface area (Å²) in [6, 6.07) is 0. The second-order valence-electron chi connectivity index (χ2n) is 6.09. The summed E-state index contributed by atoms with van der Waals surface area (Å²) in [5, 5.41) is 10.5. The van der Waals surface area contributed by atoms with Gasteiger partial charge < -0.3 is 9.84 Å². The van der Waals surface area contributed by atoms with Crippen molar-refractivity contribution in [2.75, 3.05) is 0 Å². The van der Waals surface area contributed by atoms with Crippen molar-refractivity contribution < 1.29 is 19.4 Å². The molecule has 0 saturated carbocycles. The smallest absolute Gasteiger partial charge is 0.188 e. The van der Waals surface area contributed by atoms with Gasteiger partial charge in [-0.25, -0.2) is 0 Å². The lowest BCUT2D eigenvalue weighted by atomic mass is 9.70. The van der Waals surface area contributed by atoms with Crippen LogP contribution in [0.25, 0.3) is 0 Å². The van der Waals surface area contributed by atoms with Gasteiger partial charge in [-0.05, 0) is 38.0 Å². The van der Waals surface area contributed by atoms with Crippen LogP contribution in [0.5, 0.6) is 0 Å². The summed E-state index contributed by atoms with van der Waals surface area (Å²) in [4.78, 5) is 24.4. The van der Waals surface area contributed by atoms with Gasteiger partial charge in [0.2, 0.25) is 0 Å². The second kappa shape index (κ2) is 5.60. The molecule has 2 rings (SSSR count). The monoisotopic (exact) mass is 290 g/mol. The molecule has 21 heavy (non-hydrogen) atoms. The van der Waals surface area contributed by atoms with Crippen LogP contribution in [0.2, 0.25) is 0 Å². The zero-order valence-electron chi connectivity index (χ0n) is 13.0. The largest absolute Gasteiger partial charge is 0.469 e. The Morgan fingerprint density at radius 3 is 2.76 bits per heavy atom. The third-order valence-electron chi connectivity index (χ3n) is 4.47. The van der Waals surface area contributed by atoms with Crippen LogP contribution in [-0.4, -0.2) is 22.3 Å². The number of rotatable bonds is 4. The zero-order valence-corrected chi connectivity index (χ0v) is 13.0.